The minimum atomic E-state index is -0.243. The molecule has 17 heavy (non-hydrogen) atoms. The third-order valence-electron chi connectivity index (χ3n) is 2.12. The molecule has 88 valence electrons. The first-order chi connectivity index (χ1) is 8.22. The van der Waals surface area contributed by atoms with E-state index in [0.29, 0.717) is 21.7 Å². The summed E-state index contributed by atoms with van der Waals surface area (Å²) in [4.78, 5) is 22.8. The third kappa shape index (κ3) is 2.59. The molecule has 0 atom stereocenters. The van der Waals surface area contributed by atoms with E-state index in [1.54, 1.807) is 25.4 Å². The number of pyridine rings is 1. The number of ether oxygens (including phenoxy) is 1. The van der Waals surface area contributed by atoms with Gasteiger partial charge >= 0.3 is 0 Å². The number of methoxy groups -OCH3 is 1. The van der Waals surface area contributed by atoms with Crippen molar-refractivity contribution < 1.29 is 4.74 Å². The summed E-state index contributed by atoms with van der Waals surface area (Å²) in [7, 11) is 1.55. The van der Waals surface area contributed by atoms with Crippen molar-refractivity contribution in [1.82, 2.24) is 15.0 Å². The number of nitrogens with zero attached hydrogens (tertiary/aromatic N) is 2. The lowest BCUT2D eigenvalue weighted by atomic mass is 10.3. The van der Waals surface area contributed by atoms with Crippen molar-refractivity contribution in [2.75, 3.05) is 7.11 Å². The van der Waals surface area contributed by atoms with Crippen molar-refractivity contribution in [3.05, 3.63) is 44.9 Å². The molecule has 2 rings (SSSR count). The van der Waals surface area contributed by atoms with Crippen LogP contribution in [0.1, 0.15) is 5.69 Å². The summed E-state index contributed by atoms with van der Waals surface area (Å²) in [6.45, 7) is 0.268. The lowest BCUT2D eigenvalue weighted by molar-refractivity contribution is 0.180. The van der Waals surface area contributed by atoms with Crippen LogP contribution in [0.4, 0.5) is 0 Å². The summed E-state index contributed by atoms with van der Waals surface area (Å²) >= 11 is 3.18. The van der Waals surface area contributed by atoms with E-state index >= 15 is 0 Å². The van der Waals surface area contributed by atoms with Crippen molar-refractivity contribution >= 4 is 15.9 Å². The molecule has 1 N–H and O–H groups in total. The van der Waals surface area contributed by atoms with E-state index in [4.69, 9.17) is 4.74 Å². The van der Waals surface area contributed by atoms with Gasteiger partial charge in [-0.3, -0.25) is 9.78 Å². The van der Waals surface area contributed by atoms with E-state index in [0.717, 1.165) is 0 Å². The van der Waals surface area contributed by atoms with Gasteiger partial charge in [-0.05, 0) is 28.1 Å². The first-order valence-corrected chi connectivity index (χ1v) is 5.70. The zero-order chi connectivity index (χ0) is 12.3. The molecule has 0 spiro atoms. The molecular weight excluding hydrogens is 286 g/mol. The second-order valence-corrected chi connectivity index (χ2v) is 4.12. The van der Waals surface area contributed by atoms with Crippen molar-refractivity contribution in [1.29, 1.82) is 0 Å². The van der Waals surface area contributed by atoms with Crippen LogP contribution < -0.4 is 5.56 Å². The van der Waals surface area contributed by atoms with Crippen molar-refractivity contribution in [2.24, 2.45) is 0 Å². The third-order valence-corrected chi connectivity index (χ3v) is 2.94. The standard InChI is InChI=1S/C11H10BrN3O2/c1-17-6-8-9(12)11(16)15-10(14-8)7-4-2-3-5-13-7/h2-5H,6H2,1H3,(H,14,15,16). The van der Waals surface area contributed by atoms with Crippen LogP contribution >= 0.6 is 15.9 Å². The molecule has 5 nitrogen and oxygen atoms in total. The highest BCUT2D eigenvalue weighted by atomic mass is 79.9. The molecule has 0 aliphatic heterocycles. The molecule has 0 aromatic carbocycles. The van der Waals surface area contributed by atoms with Crippen molar-refractivity contribution in [3.63, 3.8) is 0 Å². The van der Waals surface area contributed by atoms with Crippen molar-refractivity contribution in [3.8, 4) is 11.5 Å². The molecule has 6 heteroatoms. The van der Waals surface area contributed by atoms with Gasteiger partial charge in [0, 0.05) is 13.3 Å². The Morgan fingerprint density at radius 1 is 1.47 bits per heavy atom. The molecule has 0 bridgehead atoms. The predicted molar refractivity (Wildman–Crippen MR) is 66.5 cm³/mol. The van der Waals surface area contributed by atoms with E-state index in [9.17, 15) is 4.79 Å². The number of nitrogens with one attached hydrogen (secondary N) is 1. The molecule has 0 saturated heterocycles. The Morgan fingerprint density at radius 2 is 2.29 bits per heavy atom. The summed E-state index contributed by atoms with van der Waals surface area (Å²) < 4.78 is 5.38. The van der Waals surface area contributed by atoms with Gasteiger partial charge in [-0.25, -0.2) is 4.98 Å². The Morgan fingerprint density at radius 3 is 2.94 bits per heavy atom. The summed E-state index contributed by atoms with van der Waals surface area (Å²) in [6.07, 6.45) is 1.65. The lowest BCUT2D eigenvalue weighted by Gasteiger charge is -2.05. The van der Waals surface area contributed by atoms with Gasteiger partial charge < -0.3 is 9.72 Å². The molecule has 0 amide bonds. The fourth-order valence-corrected chi connectivity index (χ4v) is 1.66. The maximum Gasteiger partial charge on any atom is 0.265 e. The average Bonchev–Trinajstić information content (AvgIpc) is 2.36. The molecule has 0 saturated carbocycles. The molecule has 2 aromatic rings. The van der Waals surface area contributed by atoms with Crippen LogP contribution in [0.2, 0.25) is 0 Å². The number of rotatable bonds is 3. The second-order valence-electron chi connectivity index (χ2n) is 3.32. The maximum atomic E-state index is 11.7. The number of halogens is 1. The van der Waals surface area contributed by atoms with Crippen LogP contribution in [0.15, 0.2) is 33.7 Å². The molecule has 0 fully saturated rings. The molecule has 0 aliphatic rings. The monoisotopic (exact) mass is 295 g/mol. The highest BCUT2D eigenvalue weighted by Gasteiger charge is 2.10. The van der Waals surface area contributed by atoms with Gasteiger partial charge in [-0.1, -0.05) is 6.07 Å². The fourth-order valence-electron chi connectivity index (χ4n) is 1.36. The van der Waals surface area contributed by atoms with Gasteiger partial charge in [0.05, 0.1) is 12.3 Å². The molecule has 0 aliphatic carbocycles. The van der Waals surface area contributed by atoms with E-state index < -0.39 is 0 Å². The number of aromatic amines is 1. The zero-order valence-electron chi connectivity index (χ0n) is 9.11. The Labute approximate surface area is 106 Å². The molecule has 2 aromatic heterocycles. The van der Waals surface area contributed by atoms with Gasteiger partial charge in [0.25, 0.3) is 5.56 Å². The first kappa shape index (κ1) is 11.9. The highest BCUT2D eigenvalue weighted by molar-refractivity contribution is 9.10. The van der Waals surface area contributed by atoms with Gasteiger partial charge in [0.1, 0.15) is 10.2 Å². The van der Waals surface area contributed by atoms with Gasteiger partial charge in [0.15, 0.2) is 5.82 Å². The maximum absolute atomic E-state index is 11.7. The van der Waals surface area contributed by atoms with E-state index in [1.165, 1.54) is 0 Å². The van der Waals surface area contributed by atoms with Gasteiger partial charge in [-0.15, -0.1) is 0 Å². The molecule has 0 radical (unpaired) electrons. The number of hydrogen-bond donors (Lipinski definition) is 1. The molecule has 2 heterocycles. The van der Waals surface area contributed by atoms with E-state index in [1.807, 2.05) is 6.07 Å². The van der Waals surface area contributed by atoms with Gasteiger partial charge in [-0.2, -0.15) is 0 Å². The Kier molecular flexibility index (Phi) is 3.65. The average molecular weight is 296 g/mol. The lowest BCUT2D eigenvalue weighted by Crippen LogP contribution is -2.14. The topological polar surface area (TPSA) is 67.9 Å². The SMILES string of the molecule is COCc1nc(-c2ccccn2)[nH]c(=O)c1Br. The predicted octanol–water partition coefficient (Wildman–Crippen LogP) is 1.74. The number of aromatic nitrogens is 3. The van der Waals surface area contributed by atoms with Crippen LogP contribution in [0.5, 0.6) is 0 Å². The quantitative estimate of drug-likeness (QED) is 0.936. The van der Waals surface area contributed by atoms with Gasteiger partial charge in [0.2, 0.25) is 0 Å². The van der Waals surface area contributed by atoms with Crippen LogP contribution in [0, 0.1) is 0 Å². The normalized spacial score (nSPS) is 10.5. The number of H-pyrrole nitrogens is 1. The zero-order valence-corrected chi connectivity index (χ0v) is 10.7. The summed E-state index contributed by atoms with van der Waals surface area (Å²) in [5.41, 5.74) is 0.930. The van der Waals surface area contributed by atoms with E-state index in [-0.39, 0.29) is 12.2 Å². The smallest absolute Gasteiger partial charge is 0.265 e. The van der Waals surface area contributed by atoms with Crippen LogP contribution in [-0.4, -0.2) is 22.1 Å². The minimum Gasteiger partial charge on any atom is -0.378 e. The van der Waals surface area contributed by atoms with Crippen molar-refractivity contribution in [2.45, 2.75) is 6.61 Å². The Balaban J connectivity index is 2.53. The largest absolute Gasteiger partial charge is 0.378 e. The highest BCUT2D eigenvalue weighted by Crippen LogP contribution is 2.15. The minimum absolute atomic E-state index is 0.243. The molecular formula is C11H10BrN3O2. The molecule has 0 unspecified atom stereocenters. The second kappa shape index (κ2) is 5.20. The van der Waals surface area contributed by atoms with Crippen LogP contribution in [0.3, 0.4) is 0 Å². The summed E-state index contributed by atoms with van der Waals surface area (Å²) in [6, 6.07) is 5.42. The summed E-state index contributed by atoms with van der Waals surface area (Å²) in [5.74, 6) is 0.436. The van der Waals surface area contributed by atoms with Crippen LogP contribution in [0.25, 0.3) is 11.5 Å². The number of hydrogen-bond acceptors (Lipinski definition) is 4. The Hall–Kier alpha value is -1.53. The van der Waals surface area contributed by atoms with E-state index in [2.05, 4.69) is 30.9 Å². The Bertz CT molecular complexity index is 569. The first-order valence-electron chi connectivity index (χ1n) is 4.91. The summed E-state index contributed by atoms with van der Waals surface area (Å²) in [5, 5.41) is 0. The fraction of sp³-hybridized carbons (Fsp3) is 0.182. The van der Waals surface area contributed by atoms with Crippen LogP contribution in [-0.2, 0) is 11.3 Å².